The quantitative estimate of drug-likeness (QED) is 0.728. The van der Waals surface area contributed by atoms with E-state index in [1.54, 1.807) is 7.11 Å². The summed E-state index contributed by atoms with van der Waals surface area (Å²) in [5.41, 5.74) is 4.12. The average molecular weight is 276 g/mol. The van der Waals surface area contributed by atoms with E-state index < -0.39 is 0 Å². The summed E-state index contributed by atoms with van der Waals surface area (Å²) in [7, 11) is 1.58. The van der Waals surface area contributed by atoms with Gasteiger partial charge in [0.1, 0.15) is 11.8 Å². The van der Waals surface area contributed by atoms with Crippen molar-refractivity contribution in [2.45, 2.75) is 13.5 Å². The van der Waals surface area contributed by atoms with Crippen LogP contribution in [0.4, 0.5) is 0 Å². The largest absolute Gasteiger partial charge is 0.495 e. The Morgan fingerprint density at radius 1 is 1.14 bits per heavy atom. The van der Waals surface area contributed by atoms with E-state index in [0.717, 1.165) is 12.1 Å². The van der Waals surface area contributed by atoms with Gasteiger partial charge in [0, 0.05) is 18.3 Å². The van der Waals surface area contributed by atoms with E-state index >= 15 is 0 Å². The van der Waals surface area contributed by atoms with Gasteiger partial charge in [0.2, 0.25) is 0 Å². The molecule has 2 aromatic carbocycles. The highest BCUT2D eigenvalue weighted by atomic mass is 16.5. The summed E-state index contributed by atoms with van der Waals surface area (Å²) < 4.78 is 7.37. The molecule has 3 aromatic rings. The zero-order valence-corrected chi connectivity index (χ0v) is 12.1. The molecule has 0 bridgehead atoms. The van der Waals surface area contributed by atoms with Gasteiger partial charge in [0.25, 0.3) is 0 Å². The van der Waals surface area contributed by atoms with E-state index in [4.69, 9.17) is 10.00 Å². The predicted molar refractivity (Wildman–Crippen MR) is 83.5 cm³/mol. The van der Waals surface area contributed by atoms with E-state index in [1.165, 1.54) is 16.5 Å². The van der Waals surface area contributed by atoms with Crippen LogP contribution in [0.1, 0.15) is 16.7 Å². The van der Waals surface area contributed by atoms with Crippen molar-refractivity contribution in [2.75, 3.05) is 7.11 Å². The first-order valence-corrected chi connectivity index (χ1v) is 6.84. The molecule has 1 aromatic heterocycles. The van der Waals surface area contributed by atoms with Crippen LogP contribution in [0.3, 0.4) is 0 Å². The van der Waals surface area contributed by atoms with Crippen molar-refractivity contribution in [3.8, 4) is 11.8 Å². The number of benzene rings is 2. The Kier molecular flexibility index (Phi) is 3.37. The molecule has 0 radical (unpaired) electrons. The van der Waals surface area contributed by atoms with Crippen molar-refractivity contribution in [3.05, 3.63) is 65.4 Å². The van der Waals surface area contributed by atoms with Crippen LogP contribution in [0, 0.1) is 18.3 Å². The van der Waals surface area contributed by atoms with E-state index in [2.05, 4.69) is 48.0 Å². The second-order valence-corrected chi connectivity index (χ2v) is 5.15. The second-order valence-electron chi connectivity index (χ2n) is 5.15. The molecule has 3 nitrogen and oxygen atoms in total. The van der Waals surface area contributed by atoms with Gasteiger partial charge in [-0.25, -0.2) is 0 Å². The molecular weight excluding hydrogens is 260 g/mol. The molecule has 0 amide bonds. The molecule has 21 heavy (non-hydrogen) atoms. The third-order valence-corrected chi connectivity index (χ3v) is 3.66. The van der Waals surface area contributed by atoms with Crippen LogP contribution in [0.5, 0.6) is 5.75 Å². The predicted octanol–water partition coefficient (Wildman–Crippen LogP) is 3.88. The van der Waals surface area contributed by atoms with Gasteiger partial charge in [-0.05, 0) is 48.2 Å². The lowest BCUT2D eigenvalue weighted by Gasteiger charge is -2.08. The summed E-state index contributed by atoms with van der Waals surface area (Å²) in [6.07, 6.45) is 2.08. The van der Waals surface area contributed by atoms with Crippen LogP contribution < -0.4 is 4.74 Å². The van der Waals surface area contributed by atoms with Gasteiger partial charge in [-0.2, -0.15) is 5.26 Å². The number of ether oxygens (including phenoxy) is 1. The molecule has 0 saturated carbocycles. The fourth-order valence-electron chi connectivity index (χ4n) is 2.60. The summed E-state index contributed by atoms with van der Waals surface area (Å²) in [5.74, 6) is 0.620. The Balaban J connectivity index is 1.97. The van der Waals surface area contributed by atoms with E-state index in [0.29, 0.717) is 11.3 Å². The Hall–Kier alpha value is -2.73. The van der Waals surface area contributed by atoms with Crippen molar-refractivity contribution >= 4 is 10.9 Å². The summed E-state index contributed by atoms with van der Waals surface area (Å²) >= 11 is 0. The number of methoxy groups -OCH3 is 1. The molecule has 0 aliphatic rings. The SMILES string of the molecule is COc1ccc(Cn2ccc3cc(C)ccc32)cc1C#N. The van der Waals surface area contributed by atoms with E-state index in [9.17, 15) is 0 Å². The highest BCUT2D eigenvalue weighted by Crippen LogP contribution is 2.22. The average Bonchev–Trinajstić information content (AvgIpc) is 2.89. The number of hydrogen-bond acceptors (Lipinski definition) is 2. The minimum atomic E-state index is 0.572. The Bertz CT molecular complexity index is 840. The van der Waals surface area contributed by atoms with Crippen LogP contribution in [0.25, 0.3) is 10.9 Å². The molecule has 0 fully saturated rings. The molecule has 0 N–H and O–H groups in total. The van der Waals surface area contributed by atoms with Crippen LogP contribution in [0.15, 0.2) is 48.7 Å². The van der Waals surface area contributed by atoms with Crippen LogP contribution >= 0.6 is 0 Å². The van der Waals surface area contributed by atoms with Crippen molar-refractivity contribution in [3.63, 3.8) is 0 Å². The lowest BCUT2D eigenvalue weighted by molar-refractivity contribution is 0.413. The lowest BCUT2D eigenvalue weighted by Crippen LogP contribution is -1.99. The van der Waals surface area contributed by atoms with Gasteiger partial charge in [-0.15, -0.1) is 0 Å². The maximum Gasteiger partial charge on any atom is 0.136 e. The first-order valence-electron chi connectivity index (χ1n) is 6.84. The summed E-state index contributed by atoms with van der Waals surface area (Å²) in [6, 6.07) is 16.5. The molecule has 0 aliphatic carbocycles. The van der Waals surface area contributed by atoms with Gasteiger partial charge in [-0.1, -0.05) is 17.7 Å². The number of aromatic nitrogens is 1. The van der Waals surface area contributed by atoms with Gasteiger partial charge >= 0.3 is 0 Å². The van der Waals surface area contributed by atoms with Gasteiger partial charge in [0.15, 0.2) is 0 Å². The van der Waals surface area contributed by atoms with Gasteiger partial charge in [-0.3, -0.25) is 0 Å². The molecule has 1 heterocycles. The highest BCUT2D eigenvalue weighted by Gasteiger charge is 2.06. The standard InChI is InChI=1S/C18H16N2O/c1-13-3-5-17-15(9-13)7-8-20(17)12-14-4-6-18(21-2)16(10-14)11-19/h3-10H,12H2,1-2H3. The van der Waals surface area contributed by atoms with Gasteiger partial charge in [0.05, 0.1) is 12.7 Å². The Labute approximate surface area is 124 Å². The molecular formula is C18H16N2O. The minimum Gasteiger partial charge on any atom is -0.495 e. The summed E-state index contributed by atoms with van der Waals surface area (Å²) in [5, 5.41) is 10.4. The molecule has 0 spiro atoms. The molecule has 0 aliphatic heterocycles. The smallest absolute Gasteiger partial charge is 0.136 e. The fourth-order valence-corrected chi connectivity index (χ4v) is 2.60. The maximum atomic E-state index is 9.17. The van der Waals surface area contributed by atoms with Crippen molar-refractivity contribution in [2.24, 2.45) is 0 Å². The number of fused-ring (bicyclic) bond motifs is 1. The zero-order valence-electron chi connectivity index (χ0n) is 12.1. The Morgan fingerprint density at radius 3 is 2.76 bits per heavy atom. The molecule has 0 atom stereocenters. The number of hydrogen-bond donors (Lipinski definition) is 0. The number of nitrogens with zero attached hydrogens (tertiary/aromatic N) is 2. The molecule has 0 unspecified atom stereocenters. The molecule has 0 saturated heterocycles. The van der Waals surface area contributed by atoms with Crippen molar-refractivity contribution in [1.82, 2.24) is 4.57 Å². The third kappa shape index (κ3) is 2.48. The highest BCUT2D eigenvalue weighted by molar-refractivity contribution is 5.80. The number of rotatable bonds is 3. The zero-order chi connectivity index (χ0) is 14.8. The van der Waals surface area contributed by atoms with Gasteiger partial charge < -0.3 is 9.30 Å². The van der Waals surface area contributed by atoms with Crippen molar-refractivity contribution in [1.29, 1.82) is 5.26 Å². The third-order valence-electron chi connectivity index (χ3n) is 3.66. The number of nitriles is 1. The van der Waals surface area contributed by atoms with Crippen molar-refractivity contribution < 1.29 is 4.74 Å². The lowest BCUT2D eigenvalue weighted by atomic mass is 10.1. The van der Waals surface area contributed by atoms with E-state index in [-0.39, 0.29) is 0 Å². The molecule has 3 heteroatoms. The second kappa shape index (κ2) is 5.34. The normalized spacial score (nSPS) is 10.5. The minimum absolute atomic E-state index is 0.572. The van der Waals surface area contributed by atoms with Crippen LogP contribution in [-0.4, -0.2) is 11.7 Å². The monoisotopic (exact) mass is 276 g/mol. The Morgan fingerprint density at radius 2 is 2.00 bits per heavy atom. The summed E-state index contributed by atoms with van der Waals surface area (Å²) in [6.45, 7) is 2.84. The van der Waals surface area contributed by atoms with Crippen LogP contribution in [-0.2, 0) is 6.54 Å². The van der Waals surface area contributed by atoms with E-state index in [1.807, 2.05) is 18.2 Å². The fraction of sp³-hybridized carbons (Fsp3) is 0.167. The molecule has 104 valence electrons. The summed E-state index contributed by atoms with van der Waals surface area (Å²) in [4.78, 5) is 0. The molecule has 3 rings (SSSR count). The first-order chi connectivity index (χ1) is 10.2. The van der Waals surface area contributed by atoms with Crippen LogP contribution in [0.2, 0.25) is 0 Å². The first kappa shape index (κ1) is 13.3. The topological polar surface area (TPSA) is 38.0 Å². The number of aryl methyl sites for hydroxylation is 1. The maximum absolute atomic E-state index is 9.17.